The van der Waals surface area contributed by atoms with E-state index in [1.807, 2.05) is 0 Å². The van der Waals surface area contributed by atoms with Gasteiger partial charge in [0.1, 0.15) is 0 Å². The molecule has 0 N–H and O–H groups in total. The molecule has 0 aromatic rings. The van der Waals surface area contributed by atoms with E-state index in [9.17, 15) is 0 Å². The van der Waals surface area contributed by atoms with E-state index in [1.165, 1.54) is 103 Å². The topological polar surface area (TPSA) is 3.24 Å². The molecule has 0 spiro atoms. The van der Waals surface area contributed by atoms with Gasteiger partial charge in [-0.05, 0) is 32.4 Å². The SMILES string of the molecule is CCC[CH]N(CCCCCCCC)CCCCCCCC. The van der Waals surface area contributed by atoms with Crippen LogP contribution in [0, 0.1) is 6.54 Å². The maximum atomic E-state index is 2.61. The first kappa shape index (κ1) is 21.0. The summed E-state index contributed by atoms with van der Waals surface area (Å²) in [7, 11) is 0. The highest BCUT2D eigenvalue weighted by atomic mass is 15.1. The summed E-state index contributed by atoms with van der Waals surface area (Å²) in [6, 6.07) is 0. The molecule has 1 heteroatoms. The quantitative estimate of drug-likeness (QED) is 0.262. The fourth-order valence-corrected chi connectivity index (χ4v) is 2.80. The van der Waals surface area contributed by atoms with E-state index in [0.29, 0.717) is 0 Å². The number of rotatable bonds is 17. The van der Waals surface area contributed by atoms with Crippen molar-refractivity contribution in [2.45, 2.75) is 111 Å². The maximum Gasteiger partial charge on any atom is 0.0251 e. The fourth-order valence-electron chi connectivity index (χ4n) is 2.80. The summed E-state index contributed by atoms with van der Waals surface area (Å²) in [5, 5.41) is 0. The van der Waals surface area contributed by atoms with E-state index in [4.69, 9.17) is 0 Å². The van der Waals surface area contributed by atoms with Crippen LogP contribution in [0.3, 0.4) is 0 Å². The Hall–Kier alpha value is -0.0400. The molecule has 21 heavy (non-hydrogen) atoms. The van der Waals surface area contributed by atoms with Gasteiger partial charge in [-0.2, -0.15) is 0 Å². The van der Waals surface area contributed by atoms with Crippen LogP contribution in [0.4, 0.5) is 0 Å². The first-order valence-electron chi connectivity index (χ1n) is 9.92. The van der Waals surface area contributed by atoms with Crippen molar-refractivity contribution in [2.75, 3.05) is 13.1 Å². The van der Waals surface area contributed by atoms with Gasteiger partial charge in [-0.15, -0.1) is 0 Å². The number of hydrogen-bond acceptors (Lipinski definition) is 1. The zero-order valence-electron chi connectivity index (χ0n) is 15.3. The molecule has 0 amide bonds. The van der Waals surface area contributed by atoms with Crippen LogP contribution in [0.2, 0.25) is 0 Å². The molecule has 0 saturated heterocycles. The third-order valence-corrected chi connectivity index (χ3v) is 4.27. The van der Waals surface area contributed by atoms with Crippen molar-refractivity contribution in [1.82, 2.24) is 4.90 Å². The minimum atomic E-state index is 1.26. The van der Waals surface area contributed by atoms with E-state index in [-0.39, 0.29) is 0 Å². The molecule has 0 aliphatic rings. The molecular weight excluding hydrogens is 254 g/mol. The van der Waals surface area contributed by atoms with Crippen molar-refractivity contribution >= 4 is 0 Å². The van der Waals surface area contributed by atoms with E-state index < -0.39 is 0 Å². The van der Waals surface area contributed by atoms with E-state index in [1.54, 1.807) is 0 Å². The van der Waals surface area contributed by atoms with E-state index in [2.05, 4.69) is 32.2 Å². The predicted molar refractivity (Wildman–Crippen MR) is 97.5 cm³/mol. The molecule has 0 atom stereocenters. The van der Waals surface area contributed by atoms with Crippen molar-refractivity contribution in [3.63, 3.8) is 0 Å². The lowest BCUT2D eigenvalue weighted by molar-refractivity contribution is 0.304. The minimum Gasteiger partial charge on any atom is -0.299 e. The van der Waals surface area contributed by atoms with Gasteiger partial charge in [0.25, 0.3) is 0 Å². The Labute approximate surface area is 135 Å². The molecule has 0 aliphatic carbocycles. The van der Waals surface area contributed by atoms with Gasteiger partial charge >= 0.3 is 0 Å². The highest BCUT2D eigenvalue weighted by Crippen LogP contribution is 2.11. The predicted octanol–water partition coefficient (Wildman–Crippen LogP) is 6.97. The average Bonchev–Trinajstić information content (AvgIpc) is 2.50. The monoisotopic (exact) mass is 296 g/mol. The van der Waals surface area contributed by atoms with E-state index in [0.717, 1.165) is 0 Å². The zero-order valence-corrected chi connectivity index (χ0v) is 15.3. The number of unbranched alkanes of at least 4 members (excludes halogenated alkanes) is 11. The summed E-state index contributed by atoms with van der Waals surface area (Å²) in [5.41, 5.74) is 0. The number of nitrogens with zero attached hydrogens (tertiary/aromatic N) is 1. The van der Waals surface area contributed by atoms with Crippen LogP contribution in [0.1, 0.15) is 111 Å². The summed E-state index contributed by atoms with van der Waals surface area (Å²) < 4.78 is 0. The van der Waals surface area contributed by atoms with E-state index >= 15 is 0 Å². The molecule has 127 valence electrons. The van der Waals surface area contributed by atoms with Gasteiger partial charge in [0.2, 0.25) is 0 Å². The van der Waals surface area contributed by atoms with Gasteiger partial charge in [-0.3, -0.25) is 4.90 Å². The zero-order chi connectivity index (χ0) is 15.6. The average molecular weight is 297 g/mol. The molecule has 0 aromatic carbocycles. The first-order chi connectivity index (χ1) is 10.3. The Bertz CT molecular complexity index is 163. The first-order valence-corrected chi connectivity index (χ1v) is 9.92. The molecule has 0 aromatic heterocycles. The highest BCUT2D eigenvalue weighted by molar-refractivity contribution is 4.68. The lowest BCUT2D eigenvalue weighted by Crippen LogP contribution is -2.23. The van der Waals surface area contributed by atoms with Crippen molar-refractivity contribution in [1.29, 1.82) is 0 Å². The molecular formula is C20H42N. The second-order valence-electron chi connectivity index (χ2n) is 6.54. The molecule has 1 nitrogen and oxygen atoms in total. The van der Waals surface area contributed by atoms with Crippen molar-refractivity contribution in [3.8, 4) is 0 Å². The molecule has 0 aliphatic heterocycles. The van der Waals surface area contributed by atoms with Crippen LogP contribution in [-0.2, 0) is 0 Å². The van der Waals surface area contributed by atoms with Gasteiger partial charge in [0, 0.05) is 6.54 Å². The lowest BCUT2D eigenvalue weighted by Gasteiger charge is -2.21. The van der Waals surface area contributed by atoms with Gasteiger partial charge < -0.3 is 0 Å². The van der Waals surface area contributed by atoms with Gasteiger partial charge in [0.15, 0.2) is 0 Å². The van der Waals surface area contributed by atoms with Crippen LogP contribution >= 0.6 is 0 Å². The summed E-state index contributed by atoms with van der Waals surface area (Å²) in [4.78, 5) is 2.61. The van der Waals surface area contributed by atoms with Gasteiger partial charge in [-0.1, -0.05) is 91.4 Å². The summed E-state index contributed by atoms with van der Waals surface area (Å²) in [5.74, 6) is 0. The highest BCUT2D eigenvalue weighted by Gasteiger charge is 2.04. The minimum absolute atomic E-state index is 1.26. The third kappa shape index (κ3) is 16.2. The van der Waals surface area contributed by atoms with Gasteiger partial charge in [0.05, 0.1) is 0 Å². The lowest BCUT2D eigenvalue weighted by atomic mass is 10.1. The normalized spacial score (nSPS) is 11.4. The summed E-state index contributed by atoms with van der Waals surface area (Å²) in [6.07, 6.45) is 19.5. The summed E-state index contributed by atoms with van der Waals surface area (Å²) in [6.45, 7) is 11.9. The van der Waals surface area contributed by atoms with Crippen LogP contribution in [0.25, 0.3) is 0 Å². The second-order valence-corrected chi connectivity index (χ2v) is 6.54. The van der Waals surface area contributed by atoms with Crippen LogP contribution < -0.4 is 0 Å². The Kier molecular flexibility index (Phi) is 18.0. The Morgan fingerprint density at radius 3 is 1.38 bits per heavy atom. The standard InChI is InChI=1S/C20H42N/c1-4-7-10-12-14-16-19-21(18-9-6-3)20-17-15-13-11-8-5-2/h18H,4-17,19-20H2,1-3H3. The van der Waals surface area contributed by atoms with Crippen LogP contribution in [-0.4, -0.2) is 18.0 Å². The molecule has 0 bridgehead atoms. The fraction of sp³-hybridized carbons (Fsp3) is 0.950. The Balaban J connectivity index is 3.56. The molecule has 0 rings (SSSR count). The molecule has 1 radical (unpaired) electrons. The van der Waals surface area contributed by atoms with Gasteiger partial charge in [-0.25, -0.2) is 0 Å². The molecule has 0 fully saturated rings. The molecule has 0 saturated carbocycles. The van der Waals surface area contributed by atoms with Crippen LogP contribution in [0.15, 0.2) is 0 Å². The largest absolute Gasteiger partial charge is 0.299 e. The summed E-state index contributed by atoms with van der Waals surface area (Å²) >= 11 is 0. The smallest absolute Gasteiger partial charge is 0.0251 e. The Morgan fingerprint density at radius 2 is 0.952 bits per heavy atom. The molecule has 0 heterocycles. The van der Waals surface area contributed by atoms with Crippen molar-refractivity contribution < 1.29 is 0 Å². The Morgan fingerprint density at radius 1 is 0.524 bits per heavy atom. The van der Waals surface area contributed by atoms with Crippen molar-refractivity contribution in [2.24, 2.45) is 0 Å². The molecule has 0 unspecified atom stereocenters. The maximum absolute atomic E-state index is 2.61. The van der Waals surface area contributed by atoms with Crippen LogP contribution in [0.5, 0.6) is 0 Å². The second kappa shape index (κ2) is 18.0. The number of hydrogen-bond donors (Lipinski definition) is 0. The van der Waals surface area contributed by atoms with Crippen molar-refractivity contribution in [3.05, 3.63) is 6.54 Å². The third-order valence-electron chi connectivity index (χ3n) is 4.27.